The molecule has 0 aromatic carbocycles. The van der Waals surface area contributed by atoms with E-state index in [-0.39, 0.29) is 12.5 Å². The Hall–Kier alpha value is -0.430. The van der Waals surface area contributed by atoms with Gasteiger partial charge in [0, 0.05) is 6.54 Å². The average Bonchev–Trinajstić information content (AvgIpc) is 2.92. The molecule has 1 heterocycles. The molecule has 1 aliphatic carbocycles. The lowest BCUT2D eigenvalue weighted by Gasteiger charge is -2.22. The zero-order chi connectivity index (χ0) is 11.8. The molecule has 1 aliphatic rings. The van der Waals surface area contributed by atoms with Gasteiger partial charge in [-0.25, -0.2) is 13.1 Å². The van der Waals surface area contributed by atoms with Gasteiger partial charge in [0.05, 0.1) is 5.60 Å². The molecule has 1 aromatic rings. The van der Waals surface area contributed by atoms with Crippen molar-refractivity contribution in [2.45, 2.75) is 29.6 Å². The van der Waals surface area contributed by atoms with Gasteiger partial charge in [-0.3, -0.25) is 0 Å². The van der Waals surface area contributed by atoms with Gasteiger partial charge < -0.3 is 5.11 Å². The van der Waals surface area contributed by atoms with E-state index in [1.165, 1.54) is 11.3 Å². The van der Waals surface area contributed by atoms with Gasteiger partial charge in [-0.1, -0.05) is 6.07 Å². The van der Waals surface area contributed by atoms with Crippen LogP contribution in [0.4, 0.5) is 0 Å². The molecule has 0 radical (unpaired) electrons. The summed E-state index contributed by atoms with van der Waals surface area (Å²) in [6, 6.07) is 3.25. The second-order valence-corrected chi connectivity index (χ2v) is 7.33. The molecule has 0 unspecified atom stereocenters. The first kappa shape index (κ1) is 12.0. The molecule has 0 spiro atoms. The van der Waals surface area contributed by atoms with Crippen molar-refractivity contribution in [2.24, 2.45) is 5.92 Å². The van der Waals surface area contributed by atoms with Crippen molar-refractivity contribution in [1.29, 1.82) is 0 Å². The van der Waals surface area contributed by atoms with Crippen molar-refractivity contribution in [2.75, 3.05) is 6.54 Å². The van der Waals surface area contributed by atoms with Crippen LogP contribution in [0.3, 0.4) is 0 Å². The predicted molar refractivity (Wildman–Crippen MR) is 62.9 cm³/mol. The van der Waals surface area contributed by atoms with Crippen LogP contribution in [0.2, 0.25) is 0 Å². The molecule has 0 amide bonds. The topological polar surface area (TPSA) is 66.4 Å². The summed E-state index contributed by atoms with van der Waals surface area (Å²) in [5.74, 6) is 0.235. The molecule has 0 aliphatic heterocycles. The molecular weight excluding hydrogens is 246 g/mol. The fourth-order valence-electron chi connectivity index (χ4n) is 1.58. The Morgan fingerprint density at radius 3 is 2.81 bits per heavy atom. The Balaban J connectivity index is 2.00. The molecule has 6 heteroatoms. The highest BCUT2D eigenvalue weighted by Crippen LogP contribution is 2.39. The average molecular weight is 261 g/mol. The zero-order valence-corrected chi connectivity index (χ0v) is 10.6. The first-order valence-corrected chi connectivity index (χ1v) is 7.54. The minimum absolute atomic E-state index is 0.0813. The van der Waals surface area contributed by atoms with Crippen LogP contribution in [0, 0.1) is 5.92 Å². The lowest BCUT2D eigenvalue weighted by molar-refractivity contribution is 0.0422. The predicted octanol–water partition coefficient (Wildman–Crippen LogP) is 1.19. The summed E-state index contributed by atoms with van der Waals surface area (Å²) < 4.78 is 26.3. The number of aliphatic hydroxyl groups is 1. The SMILES string of the molecule is C[C@](O)(CNS(=O)(=O)c1cccs1)C1CC1. The summed E-state index contributed by atoms with van der Waals surface area (Å²) in [7, 11) is -3.45. The molecule has 16 heavy (non-hydrogen) atoms. The van der Waals surface area contributed by atoms with Gasteiger partial charge in [0.15, 0.2) is 0 Å². The number of nitrogens with one attached hydrogen (secondary N) is 1. The number of hydrogen-bond acceptors (Lipinski definition) is 4. The fourth-order valence-corrected chi connectivity index (χ4v) is 3.76. The van der Waals surface area contributed by atoms with Crippen molar-refractivity contribution >= 4 is 21.4 Å². The second-order valence-electron chi connectivity index (χ2n) is 4.39. The third kappa shape index (κ3) is 2.63. The Labute approximate surface area is 99.4 Å². The molecule has 1 atom stereocenters. The smallest absolute Gasteiger partial charge is 0.250 e. The Morgan fingerprint density at radius 2 is 2.31 bits per heavy atom. The van der Waals surface area contributed by atoms with E-state index in [0.29, 0.717) is 4.21 Å². The Morgan fingerprint density at radius 1 is 1.62 bits per heavy atom. The molecule has 2 N–H and O–H groups in total. The van der Waals surface area contributed by atoms with E-state index in [1.54, 1.807) is 24.4 Å². The highest BCUT2D eigenvalue weighted by Gasteiger charge is 2.40. The van der Waals surface area contributed by atoms with Crippen LogP contribution in [-0.4, -0.2) is 25.7 Å². The molecule has 1 saturated carbocycles. The molecular formula is C10H15NO3S2. The van der Waals surface area contributed by atoms with Gasteiger partial charge in [-0.05, 0) is 37.1 Å². The first-order chi connectivity index (χ1) is 7.42. The van der Waals surface area contributed by atoms with E-state index in [0.717, 1.165) is 12.8 Å². The summed E-state index contributed by atoms with van der Waals surface area (Å²) >= 11 is 1.17. The molecule has 1 aromatic heterocycles. The molecule has 4 nitrogen and oxygen atoms in total. The maximum absolute atomic E-state index is 11.8. The summed E-state index contributed by atoms with van der Waals surface area (Å²) in [6.45, 7) is 1.76. The van der Waals surface area contributed by atoms with Crippen LogP contribution in [0.1, 0.15) is 19.8 Å². The minimum Gasteiger partial charge on any atom is -0.389 e. The third-order valence-electron chi connectivity index (χ3n) is 2.84. The standard InChI is InChI=1S/C10H15NO3S2/c1-10(12,8-4-5-8)7-11-16(13,14)9-3-2-6-15-9/h2-3,6,8,11-12H,4-5,7H2,1H3/t10-/m0/s1. The summed E-state index contributed by atoms with van der Waals surface area (Å²) in [5.41, 5.74) is -0.926. The van der Waals surface area contributed by atoms with Crippen molar-refractivity contribution in [3.63, 3.8) is 0 Å². The fraction of sp³-hybridized carbons (Fsp3) is 0.600. The van der Waals surface area contributed by atoms with Crippen LogP contribution in [0.25, 0.3) is 0 Å². The van der Waals surface area contributed by atoms with Gasteiger partial charge in [0.1, 0.15) is 4.21 Å². The van der Waals surface area contributed by atoms with E-state index in [1.807, 2.05) is 0 Å². The van der Waals surface area contributed by atoms with Crippen LogP contribution in [0.15, 0.2) is 21.7 Å². The highest BCUT2D eigenvalue weighted by atomic mass is 32.2. The van der Waals surface area contributed by atoms with E-state index >= 15 is 0 Å². The summed E-state index contributed by atoms with van der Waals surface area (Å²) in [4.78, 5) is 0. The molecule has 0 bridgehead atoms. The van der Waals surface area contributed by atoms with Crippen LogP contribution >= 0.6 is 11.3 Å². The van der Waals surface area contributed by atoms with E-state index < -0.39 is 15.6 Å². The van der Waals surface area contributed by atoms with Gasteiger partial charge in [0.2, 0.25) is 10.0 Å². The number of sulfonamides is 1. The van der Waals surface area contributed by atoms with Crippen LogP contribution in [-0.2, 0) is 10.0 Å². The lowest BCUT2D eigenvalue weighted by Crippen LogP contribution is -2.42. The number of hydrogen-bond donors (Lipinski definition) is 2. The van der Waals surface area contributed by atoms with Gasteiger partial charge in [-0.2, -0.15) is 0 Å². The van der Waals surface area contributed by atoms with Crippen molar-refractivity contribution in [1.82, 2.24) is 4.72 Å². The van der Waals surface area contributed by atoms with E-state index in [4.69, 9.17) is 0 Å². The Kier molecular flexibility index (Phi) is 3.09. The largest absolute Gasteiger partial charge is 0.389 e. The zero-order valence-electron chi connectivity index (χ0n) is 9.01. The van der Waals surface area contributed by atoms with E-state index in [2.05, 4.69) is 4.72 Å². The molecule has 1 fully saturated rings. The van der Waals surface area contributed by atoms with Crippen molar-refractivity contribution in [3.05, 3.63) is 17.5 Å². The highest BCUT2D eigenvalue weighted by molar-refractivity contribution is 7.91. The third-order valence-corrected chi connectivity index (χ3v) is 5.64. The van der Waals surface area contributed by atoms with Crippen molar-refractivity contribution in [3.8, 4) is 0 Å². The van der Waals surface area contributed by atoms with Crippen LogP contribution in [0.5, 0.6) is 0 Å². The van der Waals surface area contributed by atoms with E-state index in [9.17, 15) is 13.5 Å². The van der Waals surface area contributed by atoms with Crippen molar-refractivity contribution < 1.29 is 13.5 Å². The second kappa shape index (κ2) is 4.10. The monoisotopic (exact) mass is 261 g/mol. The van der Waals surface area contributed by atoms with Gasteiger partial charge in [-0.15, -0.1) is 11.3 Å². The summed E-state index contributed by atoms with van der Waals surface area (Å²) in [6.07, 6.45) is 1.96. The van der Waals surface area contributed by atoms with Crippen LogP contribution < -0.4 is 4.72 Å². The van der Waals surface area contributed by atoms with Gasteiger partial charge in [0.25, 0.3) is 0 Å². The summed E-state index contributed by atoms with van der Waals surface area (Å²) in [5, 5.41) is 11.7. The number of thiophene rings is 1. The Bertz CT molecular complexity index is 446. The maximum atomic E-state index is 11.8. The maximum Gasteiger partial charge on any atom is 0.250 e. The first-order valence-electron chi connectivity index (χ1n) is 5.17. The molecule has 90 valence electrons. The normalized spacial score (nSPS) is 20.6. The molecule has 0 saturated heterocycles. The number of rotatable bonds is 5. The van der Waals surface area contributed by atoms with Gasteiger partial charge >= 0.3 is 0 Å². The molecule has 2 rings (SSSR count). The minimum atomic E-state index is -3.45. The lowest BCUT2D eigenvalue weighted by atomic mass is 10.0. The quantitative estimate of drug-likeness (QED) is 0.836.